The summed E-state index contributed by atoms with van der Waals surface area (Å²) in [6.07, 6.45) is 10.8. The summed E-state index contributed by atoms with van der Waals surface area (Å²) in [6, 6.07) is 19.1. The minimum Gasteiger partial charge on any atom is -0.0651 e. The molecule has 0 heteroatoms. The summed E-state index contributed by atoms with van der Waals surface area (Å²) in [6.45, 7) is 2.21. The Morgan fingerprint density at radius 1 is 0.737 bits per heavy atom. The van der Waals surface area contributed by atoms with Gasteiger partial charge in [-0.3, -0.25) is 0 Å². The van der Waals surface area contributed by atoms with Crippen LogP contribution in [0.2, 0.25) is 0 Å². The van der Waals surface area contributed by atoms with E-state index in [1.165, 1.54) is 23.1 Å². The maximum atomic E-state index is 2.21. The fourth-order valence-electron chi connectivity index (χ4n) is 1.98. The topological polar surface area (TPSA) is 0 Å². The maximum absolute atomic E-state index is 2.21. The van der Waals surface area contributed by atoms with Crippen LogP contribution in [0.4, 0.5) is 0 Å². The monoisotopic (exact) mass is 248 g/mol. The zero-order valence-electron chi connectivity index (χ0n) is 11.4. The Balaban J connectivity index is 1.93. The molecule has 0 heterocycles. The van der Waals surface area contributed by atoms with Gasteiger partial charge in [-0.25, -0.2) is 0 Å². The van der Waals surface area contributed by atoms with Gasteiger partial charge in [-0.2, -0.15) is 0 Å². The Morgan fingerprint density at radius 2 is 1.32 bits per heavy atom. The van der Waals surface area contributed by atoms with E-state index in [0.29, 0.717) is 0 Å². The number of hydrogen-bond donors (Lipinski definition) is 0. The second kappa shape index (κ2) is 7.38. The first-order chi connectivity index (χ1) is 9.38. The highest BCUT2D eigenvalue weighted by Gasteiger charge is 1.90. The van der Waals surface area contributed by atoms with Gasteiger partial charge in [-0.1, -0.05) is 92.2 Å². The smallest absolute Gasteiger partial charge is 0.0256 e. The van der Waals surface area contributed by atoms with Gasteiger partial charge in [0.05, 0.1) is 0 Å². The Labute approximate surface area is 116 Å². The molecule has 0 aromatic heterocycles. The van der Waals surface area contributed by atoms with Crippen molar-refractivity contribution in [2.45, 2.75) is 19.8 Å². The molecule has 0 radical (unpaired) electrons. The summed E-state index contributed by atoms with van der Waals surface area (Å²) in [4.78, 5) is 0. The van der Waals surface area contributed by atoms with E-state index in [1.807, 2.05) is 6.07 Å². The van der Waals surface area contributed by atoms with Crippen LogP contribution in [0, 0.1) is 0 Å². The van der Waals surface area contributed by atoms with E-state index in [1.54, 1.807) is 0 Å². The van der Waals surface area contributed by atoms with Gasteiger partial charge in [0, 0.05) is 0 Å². The third kappa shape index (κ3) is 4.59. The zero-order chi connectivity index (χ0) is 13.3. The third-order valence-electron chi connectivity index (χ3n) is 3.01. The van der Waals surface area contributed by atoms with Crippen molar-refractivity contribution in [1.82, 2.24) is 0 Å². The Morgan fingerprint density at radius 3 is 1.89 bits per heavy atom. The molecule has 0 fully saturated rings. The number of rotatable bonds is 5. The lowest BCUT2D eigenvalue weighted by Gasteiger charge is -1.98. The van der Waals surface area contributed by atoms with Gasteiger partial charge < -0.3 is 0 Å². The first kappa shape index (κ1) is 13.4. The molecule has 0 aliphatic heterocycles. The molecule has 0 aliphatic carbocycles. The van der Waals surface area contributed by atoms with E-state index in [0.717, 1.165) is 6.42 Å². The Hall–Kier alpha value is -2.08. The van der Waals surface area contributed by atoms with Crippen LogP contribution in [-0.4, -0.2) is 0 Å². The number of allylic oxidation sites excluding steroid dienone is 2. The molecule has 0 spiro atoms. The molecule has 96 valence electrons. The average molecular weight is 248 g/mol. The SMILES string of the molecule is CCCc1ccc(C=CC=Cc2ccccc2)cc1. The molecule has 0 N–H and O–H groups in total. The summed E-state index contributed by atoms with van der Waals surface area (Å²) >= 11 is 0. The molecule has 0 atom stereocenters. The molecule has 0 nitrogen and oxygen atoms in total. The highest BCUT2D eigenvalue weighted by molar-refractivity contribution is 5.57. The molecule has 0 unspecified atom stereocenters. The van der Waals surface area contributed by atoms with Crippen LogP contribution in [0.15, 0.2) is 66.7 Å². The standard InChI is InChI=1S/C19H20/c1-2-8-17-13-15-19(16-14-17)12-7-6-11-18-9-4-3-5-10-18/h3-7,9-16H,2,8H2,1H3. The largest absolute Gasteiger partial charge is 0.0651 e. The van der Waals surface area contributed by atoms with Crippen molar-refractivity contribution >= 4 is 12.2 Å². The van der Waals surface area contributed by atoms with Gasteiger partial charge in [0.2, 0.25) is 0 Å². The fraction of sp³-hybridized carbons (Fsp3) is 0.158. The van der Waals surface area contributed by atoms with Crippen LogP contribution in [0.5, 0.6) is 0 Å². The van der Waals surface area contributed by atoms with E-state index < -0.39 is 0 Å². The fourth-order valence-corrected chi connectivity index (χ4v) is 1.98. The predicted molar refractivity (Wildman–Crippen MR) is 84.9 cm³/mol. The predicted octanol–water partition coefficient (Wildman–Crippen LogP) is 5.37. The van der Waals surface area contributed by atoms with Crippen molar-refractivity contribution < 1.29 is 0 Å². The molecule has 0 saturated heterocycles. The van der Waals surface area contributed by atoms with Crippen molar-refractivity contribution in [3.8, 4) is 0 Å². The third-order valence-corrected chi connectivity index (χ3v) is 3.01. The van der Waals surface area contributed by atoms with Crippen molar-refractivity contribution in [3.05, 3.63) is 83.4 Å². The van der Waals surface area contributed by atoms with Gasteiger partial charge in [0.15, 0.2) is 0 Å². The van der Waals surface area contributed by atoms with Gasteiger partial charge in [-0.15, -0.1) is 0 Å². The second-order valence-corrected chi connectivity index (χ2v) is 4.62. The molecular weight excluding hydrogens is 228 g/mol. The molecular formula is C19H20. The van der Waals surface area contributed by atoms with Crippen LogP contribution in [0.25, 0.3) is 12.2 Å². The number of aryl methyl sites for hydroxylation is 1. The minimum absolute atomic E-state index is 1.16. The molecule has 0 bridgehead atoms. The molecule has 0 aliphatic rings. The van der Waals surface area contributed by atoms with Crippen LogP contribution in [0.3, 0.4) is 0 Å². The lowest BCUT2D eigenvalue weighted by Crippen LogP contribution is -1.81. The minimum atomic E-state index is 1.16. The highest BCUT2D eigenvalue weighted by Crippen LogP contribution is 2.08. The lowest BCUT2D eigenvalue weighted by atomic mass is 10.1. The quantitative estimate of drug-likeness (QED) is 0.624. The summed E-state index contributed by atoms with van der Waals surface area (Å²) in [5.41, 5.74) is 3.89. The normalized spacial score (nSPS) is 11.4. The zero-order valence-corrected chi connectivity index (χ0v) is 11.4. The first-order valence-electron chi connectivity index (χ1n) is 6.87. The van der Waals surface area contributed by atoms with E-state index >= 15 is 0 Å². The van der Waals surface area contributed by atoms with Crippen LogP contribution in [0.1, 0.15) is 30.0 Å². The van der Waals surface area contributed by atoms with Gasteiger partial charge in [-0.05, 0) is 23.1 Å². The van der Waals surface area contributed by atoms with Crippen molar-refractivity contribution in [1.29, 1.82) is 0 Å². The molecule has 2 rings (SSSR count). The molecule has 0 amide bonds. The lowest BCUT2D eigenvalue weighted by molar-refractivity contribution is 0.922. The molecule has 2 aromatic carbocycles. The summed E-state index contributed by atoms with van der Waals surface area (Å²) in [5, 5.41) is 0. The maximum Gasteiger partial charge on any atom is -0.0256 e. The van der Waals surface area contributed by atoms with Crippen molar-refractivity contribution in [2.24, 2.45) is 0 Å². The van der Waals surface area contributed by atoms with E-state index in [4.69, 9.17) is 0 Å². The highest BCUT2D eigenvalue weighted by atomic mass is 14.0. The van der Waals surface area contributed by atoms with Gasteiger partial charge >= 0.3 is 0 Å². The van der Waals surface area contributed by atoms with Crippen LogP contribution < -0.4 is 0 Å². The number of benzene rings is 2. The summed E-state index contributed by atoms with van der Waals surface area (Å²) in [7, 11) is 0. The summed E-state index contributed by atoms with van der Waals surface area (Å²) < 4.78 is 0. The Kier molecular flexibility index (Phi) is 5.18. The van der Waals surface area contributed by atoms with E-state index in [-0.39, 0.29) is 0 Å². The number of hydrogen-bond acceptors (Lipinski definition) is 0. The summed E-state index contributed by atoms with van der Waals surface area (Å²) in [5.74, 6) is 0. The Bertz CT molecular complexity index is 530. The first-order valence-corrected chi connectivity index (χ1v) is 6.87. The molecule has 19 heavy (non-hydrogen) atoms. The van der Waals surface area contributed by atoms with Crippen molar-refractivity contribution in [2.75, 3.05) is 0 Å². The van der Waals surface area contributed by atoms with Crippen LogP contribution >= 0.6 is 0 Å². The molecule has 0 saturated carbocycles. The van der Waals surface area contributed by atoms with Crippen LogP contribution in [-0.2, 0) is 6.42 Å². The van der Waals surface area contributed by atoms with Gasteiger partial charge in [0.1, 0.15) is 0 Å². The van der Waals surface area contributed by atoms with Gasteiger partial charge in [0.25, 0.3) is 0 Å². The van der Waals surface area contributed by atoms with E-state index in [2.05, 4.69) is 79.8 Å². The molecule has 2 aromatic rings. The average Bonchev–Trinajstić information content (AvgIpc) is 2.47. The van der Waals surface area contributed by atoms with E-state index in [9.17, 15) is 0 Å². The van der Waals surface area contributed by atoms with Crippen molar-refractivity contribution in [3.63, 3.8) is 0 Å². The second-order valence-electron chi connectivity index (χ2n) is 4.62.